The largest absolute Gasteiger partial charge is 0.372 e. The molecule has 1 aromatic carbocycles. The van der Waals surface area contributed by atoms with Crippen LogP contribution in [-0.4, -0.2) is 45.8 Å². The molecule has 5 heterocycles. The first kappa shape index (κ1) is 22.7. The third-order valence-corrected chi connectivity index (χ3v) is 6.41. The zero-order valence-corrected chi connectivity index (χ0v) is 19.7. The summed E-state index contributed by atoms with van der Waals surface area (Å²) in [5.74, 6) is -0.670. The maximum absolute atomic E-state index is 13.3. The summed E-state index contributed by atoms with van der Waals surface area (Å²) in [5, 5.41) is 4.78. The molecule has 0 saturated carbocycles. The Kier molecular flexibility index (Phi) is 5.78. The first-order chi connectivity index (χ1) is 17.1. The number of piperidine rings is 1. The lowest BCUT2D eigenvalue weighted by Gasteiger charge is -2.29. The van der Waals surface area contributed by atoms with E-state index in [0.717, 1.165) is 27.5 Å². The number of carbonyl (C=O) groups excluding carboxylic acids is 3. The van der Waals surface area contributed by atoms with E-state index < -0.39 is 18.1 Å². The molecule has 2 unspecified atom stereocenters. The van der Waals surface area contributed by atoms with E-state index in [0.29, 0.717) is 16.8 Å². The third-order valence-electron chi connectivity index (χ3n) is 6.41. The predicted octanol–water partition coefficient (Wildman–Crippen LogP) is 3.64. The number of carbonyl (C=O) groups is 3. The number of aromatic nitrogens is 3. The molecular formula is C26H25N5O4. The molecule has 2 atom stereocenters. The molecule has 0 radical (unpaired) electrons. The summed E-state index contributed by atoms with van der Waals surface area (Å²) >= 11 is 0. The van der Waals surface area contributed by atoms with E-state index >= 15 is 0 Å². The van der Waals surface area contributed by atoms with Crippen LogP contribution in [0.5, 0.6) is 0 Å². The van der Waals surface area contributed by atoms with Crippen molar-refractivity contribution in [3.05, 3.63) is 65.6 Å². The van der Waals surface area contributed by atoms with Crippen molar-refractivity contribution in [3.63, 3.8) is 0 Å². The Balaban J connectivity index is 0.00000124. The number of aromatic amines is 1. The van der Waals surface area contributed by atoms with Crippen LogP contribution in [0.4, 0.5) is 5.82 Å². The van der Waals surface area contributed by atoms with Gasteiger partial charge in [-0.3, -0.25) is 24.6 Å². The predicted molar refractivity (Wildman–Crippen MR) is 131 cm³/mol. The van der Waals surface area contributed by atoms with E-state index in [2.05, 4.69) is 20.3 Å². The van der Waals surface area contributed by atoms with Gasteiger partial charge in [0.05, 0.1) is 5.56 Å². The number of imide groups is 1. The van der Waals surface area contributed by atoms with Crippen LogP contribution in [0.15, 0.2) is 48.9 Å². The topological polar surface area (TPSA) is 117 Å². The van der Waals surface area contributed by atoms with Gasteiger partial charge < -0.3 is 9.72 Å². The number of benzene rings is 1. The SMILES string of the molecule is CC.COC(c1c[nH]c2ncccc12)c1cnc2c3c(cccc13)C(=O)N2C1CCC(=O)NC1=O. The molecular weight excluding hydrogens is 446 g/mol. The van der Waals surface area contributed by atoms with Crippen LogP contribution in [0.3, 0.4) is 0 Å². The number of anilines is 1. The molecule has 9 heteroatoms. The van der Waals surface area contributed by atoms with Crippen LogP contribution in [0.1, 0.15) is 54.3 Å². The summed E-state index contributed by atoms with van der Waals surface area (Å²) in [4.78, 5) is 51.1. The highest BCUT2D eigenvalue weighted by atomic mass is 16.5. The normalized spacial score (nSPS) is 18.0. The van der Waals surface area contributed by atoms with Crippen molar-refractivity contribution in [2.75, 3.05) is 12.0 Å². The summed E-state index contributed by atoms with van der Waals surface area (Å²) < 4.78 is 5.91. The molecule has 2 N–H and O–H groups in total. The van der Waals surface area contributed by atoms with Gasteiger partial charge in [0.15, 0.2) is 0 Å². The van der Waals surface area contributed by atoms with Crippen LogP contribution >= 0.6 is 0 Å². The van der Waals surface area contributed by atoms with Crippen molar-refractivity contribution in [3.8, 4) is 0 Å². The lowest BCUT2D eigenvalue weighted by molar-refractivity contribution is -0.134. The fourth-order valence-electron chi connectivity index (χ4n) is 4.93. The van der Waals surface area contributed by atoms with E-state index in [1.807, 2.05) is 44.3 Å². The second kappa shape index (κ2) is 8.92. The van der Waals surface area contributed by atoms with Crippen LogP contribution in [0.2, 0.25) is 0 Å². The van der Waals surface area contributed by atoms with Crippen molar-refractivity contribution >= 4 is 45.3 Å². The number of rotatable bonds is 4. The number of amides is 3. The number of methoxy groups -OCH3 is 1. The van der Waals surface area contributed by atoms with Crippen molar-refractivity contribution in [2.45, 2.75) is 38.8 Å². The molecule has 9 nitrogen and oxygen atoms in total. The number of H-pyrrole nitrogens is 1. The minimum absolute atomic E-state index is 0.179. The maximum Gasteiger partial charge on any atom is 0.260 e. The lowest BCUT2D eigenvalue weighted by Crippen LogP contribution is -2.53. The molecule has 0 spiro atoms. The average Bonchev–Trinajstić information content (AvgIpc) is 3.43. The Labute approximate surface area is 201 Å². The lowest BCUT2D eigenvalue weighted by atomic mass is 9.96. The number of nitrogens with one attached hydrogen (secondary N) is 2. The van der Waals surface area contributed by atoms with Crippen LogP contribution in [-0.2, 0) is 14.3 Å². The Morgan fingerprint density at radius 3 is 2.63 bits per heavy atom. The van der Waals surface area contributed by atoms with Crippen molar-refractivity contribution < 1.29 is 19.1 Å². The summed E-state index contributed by atoms with van der Waals surface area (Å²) in [6.07, 6.45) is 5.29. The van der Waals surface area contributed by atoms with E-state index in [1.165, 1.54) is 4.90 Å². The maximum atomic E-state index is 13.3. The van der Waals surface area contributed by atoms with Crippen LogP contribution in [0, 0.1) is 0 Å². The number of fused-ring (bicyclic) bond motifs is 1. The monoisotopic (exact) mass is 471 g/mol. The zero-order chi connectivity index (χ0) is 24.7. The van der Waals surface area contributed by atoms with Gasteiger partial charge in [-0.25, -0.2) is 9.97 Å². The molecule has 3 aromatic heterocycles. The van der Waals surface area contributed by atoms with Crippen molar-refractivity contribution in [1.29, 1.82) is 0 Å². The number of hydrogen-bond acceptors (Lipinski definition) is 6. The second-order valence-electron chi connectivity index (χ2n) is 8.17. The van der Waals surface area contributed by atoms with E-state index in [9.17, 15) is 14.4 Å². The van der Waals surface area contributed by atoms with E-state index in [-0.39, 0.29) is 24.7 Å². The number of ether oxygens (including phenoxy) is 1. The Morgan fingerprint density at radius 2 is 1.86 bits per heavy atom. The number of hydrogen-bond donors (Lipinski definition) is 2. The van der Waals surface area contributed by atoms with Gasteiger partial charge in [-0.05, 0) is 30.0 Å². The quantitative estimate of drug-likeness (QED) is 0.439. The highest BCUT2D eigenvalue weighted by Crippen LogP contribution is 2.42. The zero-order valence-electron chi connectivity index (χ0n) is 19.7. The molecule has 2 aliphatic rings. The van der Waals surface area contributed by atoms with Gasteiger partial charge in [0.25, 0.3) is 5.91 Å². The Morgan fingerprint density at radius 1 is 1.06 bits per heavy atom. The fraction of sp³-hybridized carbons (Fsp3) is 0.269. The van der Waals surface area contributed by atoms with E-state index in [4.69, 9.17) is 4.74 Å². The minimum Gasteiger partial charge on any atom is -0.372 e. The van der Waals surface area contributed by atoms with Crippen LogP contribution < -0.4 is 10.2 Å². The van der Waals surface area contributed by atoms with Crippen molar-refractivity contribution in [1.82, 2.24) is 20.3 Å². The second-order valence-corrected chi connectivity index (χ2v) is 8.17. The number of pyridine rings is 2. The summed E-state index contributed by atoms with van der Waals surface area (Å²) in [6, 6.07) is 8.56. The summed E-state index contributed by atoms with van der Waals surface area (Å²) in [5.41, 5.74) is 2.96. The van der Waals surface area contributed by atoms with Gasteiger partial charge >= 0.3 is 0 Å². The standard InChI is InChI=1S/C24H19N5O4.C2H6/c1-33-20(16-10-26-21-13(16)6-3-9-25-21)15-11-27-22-19-12(15)4-2-5-14(19)24(32)29(22)17-7-8-18(30)28-23(17)31;1-2/h2-6,9-11,17,20H,7-8H2,1H3,(H,25,26)(H,28,30,31);1-2H3. The van der Waals surface area contributed by atoms with Crippen LogP contribution in [0.25, 0.3) is 21.8 Å². The summed E-state index contributed by atoms with van der Waals surface area (Å²) in [7, 11) is 1.63. The van der Waals surface area contributed by atoms with E-state index in [1.54, 1.807) is 25.6 Å². The molecule has 35 heavy (non-hydrogen) atoms. The highest BCUT2D eigenvalue weighted by molar-refractivity contribution is 6.26. The molecule has 6 rings (SSSR count). The van der Waals surface area contributed by atoms with Gasteiger partial charge in [0.1, 0.15) is 23.6 Å². The summed E-state index contributed by atoms with van der Waals surface area (Å²) in [6.45, 7) is 4.00. The smallest absolute Gasteiger partial charge is 0.260 e. The minimum atomic E-state index is -0.776. The molecule has 0 bridgehead atoms. The van der Waals surface area contributed by atoms with Gasteiger partial charge in [-0.2, -0.15) is 0 Å². The highest BCUT2D eigenvalue weighted by Gasteiger charge is 2.42. The van der Waals surface area contributed by atoms with Crippen molar-refractivity contribution in [2.24, 2.45) is 0 Å². The first-order valence-corrected chi connectivity index (χ1v) is 11.6. The van der Waals surface area contributed by atoms with Gasteiger partial charge in [0.2, 0.25) is 11.8 Å². The first-order valence-electron chi connectivity index (χ1n) is 11.6. The fourth-order valence-corrected chi connectivity index (χ4v) is 4.93. The third kappa shape index (κ3) is 3.47. The Bertz CT molecular complexity index is 1480. The molecule has 2 aliphatic heterocycles. The average molecular weight is 472 g/mol. The molecule has 4 aromatic rings. The molecule has 0 aliphatic carbocycles. The molecule has 1 fully saturated rings. The van der Waals surface area contributed by atoms with Gasteiger partial charge in [-0.15, -0.1) is 0 Å². The Hall–Kier alpha value is -4.11. The van der Waals surface area contributed by atoms with Gasteiger partial charge in [-0.1, -0.05) is 26.0 Å². The molecule has 3 amide bonds. The number of nitrogens with zero attached hydrogens (tertiary/aromatic N) is 3. The van der Waals surface area contributed by atoms with Gasteiger partial charge in [0, 0.05) is 54.0 Å². The molecule has 178 valence electrons. The molecule has 1 saturated heterocycles.